The molecule has 8 nitrogen and oxygen atoms in total. The van der Waals surface area contributed by atoms with Gasteiger partial charge in [-0.05, 0) is 12.0 Å². The first-order valence-electron chi connectivity index (χ1n) is 6.79. The maximum absolute atomic E-state index is 11.3. The molecule has 8 heteroatoms. The van der Waals surface area contributed by atoms with Crippen molar-refractivity contribution in [3.05, 3.63) is 52.3 Å². The van der Waals surface area contributed by atoms with E-state index in [1.165, 1.54) is 6.33 Å². The lowest BCUT2D eigenvalue weighted by Gasteiger charge is -2.14. The van der Waals surface area contributed by atoms with Crippen molar-refractivity contribution in [2.45, 2.75) is 6.42 Å². The average molecular weight is 302 g/mol. The topological polar surface area (TPSA) is 96.2 Å². The number of hydrogen-bond donors (Lipinski definition) is 2. The summed E-state index contributed by atoms with van der Waals surface area (Å²) in [6.45, 7) is 0.545. The second kappa shape index (κ2) is 7.32. The molecule has 1 aromatic heterocycles. The van der Waals surface area contributed by atoms with Crippen LogP contribution >= 0.6 is 0 Å². The number of nitrogens with one attached hydrogen (secondary N) is 2. The minimum Gasteiger partial charge on any atom is -0.364 e. The molecular weight excluding hydrogens is 284 g/mol. The summed E-state index contributed by atoms with van der Waals surface area (Å²) in [6, 6.07) is 9.89. The van der Waals surface area contributed by atoms with Crippen LogP contribution in [0.2, 0.25) is 0 Å². The molecule has 0 unspecified atom stereocenters. The number of aromatic nitrogens is 2. The smallest absolute Gasteiger partial charge is 0.354 e. The fourth-order valence-electron chi connectivity index (χ4n) is 1.94. The summed E-state index contributed by atoms with van der Waals surface area (Å²) in [4.78, 5) is 18.7. The van der Waals surface area contributed by atoms with Gasteiger partial charge in [0.2, 0.25) is 11.6 Å². The number of nitro groups is 1. The summed E-state index contributed by atoms with van der Waals surface area (Å²) in [5, 5.41) is 15.9. The number of hydrogen-bond acceptors (Lipinski definition) is 7. The monoisotopic (exact) mass is 302 g/mol. The van der Waals surface area contributed by atoms with E-state index in [0.717, 1.165) is 12.0 Å². The molecule has 22 heavy (non-hydrogen) atoms. The number of anilines is 2. The first-order chi connectivity index (χ1) is 10.6. The number of hydrazine groups is 1. The minimum atomic E-state index is -0.489. The van der Waals surface area contributed by atoms with Gasteiger partial charge in [-0.1, -0.05) is 30.3 Å². The molecule has 1 aromatic carbocycles. The third-order valence-corrected chi connectivity index (χ3v) is 2.88. The standard InChI is InChI=1S/C14H18N6O2/c1-19(2)18-14-12(20(21)22)13(16-10-17-14)15-9-8-11-6-4-3-5-7-11/h3-7,10H,8-9H2,1-2H3,(H2,15,16,17,18). The van der Waals surface area contributed by atoms with Crippen molar-refractivity contribution < 1.29 is 4.92 Å². The fraction of sp³-hybridized carbons (Fsp3) is 0.286. The molecule has 1 heterocycles. The van der Waals surface area contributed by atoms with E-state index in [1.54, 1.807) is 19.1 Å². The van der Waals surface area contributed by atoms with Gasteiger partial charge in [-0.15, -0.1) is 0 Å². The van der Waals surface area contributed by atoms with E-state index < -0.39 is 4.92 Å². The van der Waals surface area contributed by atoms with Crippen LogP contribution in [0, 0.1) is 10.1 Å². The Morgan fingerprint density at radius 3 is 2.50 bits per heavy atom. The Kier molecular flexibility index (Phi) is 5.21. The van der Waals surface area contributed by atoms with E-state index in [1.807, 2.05) is 30.3 Å². The lowest BCUT2D eigenvalue weighted by molar-refractivity contribution is -0.383. The van der Waals surface area contributed by atoms with Gasteiger partial charge in [0.1, 0.15) is 6.33 Å². The van der Waals surface area contributed by atoms with Gasteiger partial charge in [-0.25, -0.2) is 15.0 Å². The molecule has 0 spiro atoms. The van der Waals surface area contributed by atoms with E-state index in [9.17, 15) is 10.1 Å². The van der Waals surface area contributed by atoms with Crippen LogP contribution in [0.1, 0.15) is 5.56 Å². The summed E-state index contributed by atoms with van der Waals surface area (Å²) in [5.41, 5.74) is 3.79. The second-order valence-corrected chi connectivity index (χ2v) is 4.85. The van der Waals surface area contributed by atoms with Crippen molar-refractivity contribution >= 4 is 17.3 Å². The molecule has 2 aromatic rings. The molecule has 0 fully saturated rings. The zero-order valence-corrected chi connectivity index (χ0v) is 12.5. The van der Waals surface area contributed by atoms with Crippen molar-refractivity contribution in [3.8, 4) is 0 Å². The Morgan fingerprint density at radius 1 is 1.18 bits per heavy atom. The van der Waals surface area contributed by atoms with Crippen LogP contribution in [0.5, 0.6) is 0 Å². The highest BCUT2D eigenvalue weighted by Gasteiger charge is 2.22. The van der Waals surface area contributed by atoms with Crippen LogP contribution in [0.25, 0.3) is 0 Å². The Labute approximate surface area is 128 Å². The molecule has 0 aliphatic carbocycles. The highest BCUT2D eigenvalue weighted by atomic mass is 16.6. The van der Waals surface area contributed by atoms with E-state index in [4.69, 9.17) is 0 Å². The normalized spacial score (nSPS) is 10.5. The van der Waals surface area contributed by atoms with Gasteiger partial charge in [-0.2, -0.15) is 0 Å². The lowest BCUT2D eigenvalue weighted by Crippen LogP contribution is -2.22. The Morgan fingerprint density at radius 2 is 1.86 bits per heavy atom. The maximum Gasteiger partial charge on any atom is 0.354 e. The van der Waals surface area contributed by atoms with Crippen molar-refractivity contribution in [2.75, 3.05) is 31.4 Å². The molecule has 116 valence electrons. The summed E-state index contributed by atoms with van der Waals surface area (Å²) in [7, 11) is 3.46. The Bertz CT molecular complexity index is 632. The van der Waals surface area contributed by atoms with Crippen LogP contribution in [-0.4, -0.2) is 40.5 Å². The molecule has 0 bridgehead atoms. The largest absolute Gasteiger partial charge is 0.364 e. The van der Waals surface area contributed by atoms with Gasteiger partial charge in [-0.3, -0.25) is 15.5 Å². The van der Waals surface area contributed by atoms with Crippen molar-refractivity contribution in [3.63, 3.8) is 0 Å². The van der Waals surface area contributed by atoms with E-state index in [-0.39, 0.29) is 17.3 Å². The Hall–Kier alpha value is -2.74. The summed E-state index contributed by atoms with van der Waals surface area (Å²) in [6.07, 6.45) is 2.04. The van der Waals surface area contributed by atoms with Crippen LogP contribution < -0.4 is 10.7 Å². The third kappa shape index (κ3) is 4.13. The molecule has 0 saturated heterocycles. The molecule has 0 aliphatic rings. The van der Waals surface area contributed by atoms with Gasteiger partial charge < -0.3 is 5.32 Å². The Balaban J connectivity index is 2.11. The van der Waals surface area contributed by atoms with E-state index in [0.29, 0.717) is 6.54 Å². The zero-order chi connectivity index (χ0) is 15.9. The van der Waals surface area contributed by atoms with Gasteiger partial charge in [0.25, 0.3) is 0 Å². The van der Waals surface area contributed by atoms with Gasteiger partial charge in [0, 0.05) is 20.6 Å². The van der Waals surface area contributed by atoms with Crippen molar-refractivity contribution in [1.29, 1.82) is 0 Å². The maximum atomic E-state index is 11.3. The molecule has 0 amide bonds. The predicted molar refractivity (Wildman–Crippen MR) is 84.6 cm³/mol. The summed E-state index contributed by atoms with van der Waals surface area (Å²) < 4.78 is 0. The quantitative estimate of drug-likeness (QED) is 0.596. The molecule has 2 N–H and O–H groups in total. The molecule has 0 radical (unpaired) electrons. The van der Waals surface area contributed by atoms with Crippen molar-refractivity contribution in [2.24, 2.45) is 0 Å². The van der Waals surface area contributed by atoms with Gasteiger partial charge in [0.15, 0.2) is 0 Å². The summed E-state index contributed by atoms with van der Waals surface area (Å²) in [5.74, 6) is 0.368. The van der Waals surface area contributed by atoms with Crippen LogP contribution in [-0.2, 0) is 6.42 Å². The summed E-state index contributed by atoms with van der Waals surface area (Å²) >= 11 is 0. The van der Waals surface area contributed by atoms with Gasteiger partial charge >= 0.3 is 5.69 Å². The minimum absolute atomic E-state index is 0.159. The van der Waals surface area contributed by atoms with Crippen LogP contribution in [0.15, 0.2) is 36.7 Å². The number of benzene rings is 1. The molecule has 2 rings (SSSR count). The molecule has 0 saturated carbocycles. The highest BCUT2D eigenvalue weighted by Crippen LogP contribution is 2.28. The van der Waals surface area contributed by atoms with Crippen LogP contribution in [0.4, 0.5) is 17.3 Å². The average Bonchev–Trinajstić information content (AvgIpc) is 2.47. The third-order valence-electron chi connectivity index (χ3n) is 2.88. The predicted octanol–water partition coefficient (Wildman–Crippen LogP) is 1.93. The SMILES string of the molecule is CN(C)Nc1ncnc(NCCc2ccccc2)c1[N+](=O)[O-]. The second-order valence-electron chi connectivity index (χ2n) is 4.85. The lowest BCUT2D eigenvalue weighted by atomic mass is 10.1. The van der Waals surface area contributed by atoms with E-state index in [2.05, 4.69) is 20.7 Å². The van der Waals surface area contributed by atoms with E-state index >= 15 is 0 Å². The molecule has 0 atom stereocenters. The fourth-order valence-corrected chi connectivity index (χ4v) is 1.94. The molecule has 0 aliphatic heterocycles. The molecular formula is C14H18N6O2. The number of nitrogens with zero attached hydrogens (tertiary/aromatic N) is 4. The first kappa shape index (κ1) is 15.6. The highest BCUT2D eigenvalue weighted by molar-refractivity contribution is 5.68. The first-order valence-corrected chi connectivity index (χ1v) is 6.79. The van der Waals surface area contributed by atoms with Gasteiger partial charge in [0.05, 0.1) is 4.92 Å². The zero-order valence-electron chi connectivity index (χ0n) is 12.5. The number of rotatable bonds is 7. The van der Waals surface area contributed by atoms with Crippen molar-refractivity contribution in [1.82, 2.24) is 15.0 Å². The van der Waals surface area contributed by atoms with Crippen LogP contribution in [0.3, 0.4) is 0 Å².